The summed E-state index contributed by atoms with van der Waals surface area (Å²) in [5.41, 5.74) is 0.170. The quantitative estimate of drug-likeness (QED) is 0.742. The molecule has 0 saturated carbocycles. The van der Waals surface area contributed by atoms with Gasteiger partial charge < -0.3 is 4.74 Å². The summed E-state index contributed by atoms with van der Waals surface area (Å²) in [6.07, 6.45) is 3.57. The standard InChI is InChI=1S/C12H8FNO2/c13-11-5-1-3-9(8-15)12(11)16-10-4-2-6-14-7-10/h1-8H. The predicted molar refractivity (Wildman–Crippen MR) is 56.1 cm³/mol. The van der Waals surface area contributed by atoms with E-state index in [2.05, 4.69) is 4.98 Å². The Morgan fingerprint density at radius 1 is 1.25 bits per heavy atom. The molecule has 1 heterocycles. The minimum Gasteiger partial charge on any atom is -0.452 e. The van der Waals surface area contributed by atoms with Crippen molar-refractivity contribution in [1.29, 1.82) is 0 Å². The molecule has 0 fully saturated rings. The van der Waals surface area contributed by atoms with Crippen LogP contribution in [0.15, 0.2) is 42.7 Å². The van der Waals surface area contributed by atoms with Crippen LogP contribution in [0.4, 0.5) is 4.39 Å². The molecule has 0 aliphatic carbocycles. The second-order valence-electron chi connectivity index (χ2n) is 3.07. The van der Waals surface area contributed by atoms with Gasteiger partial charge in [0.05, 0.1) is 11.8 Å². The molecule has 0 unspecified atom stereocenters. The van der Waals surface area contributed by atoms with Crippen molar-refractivity contribution in [2.45, 2.75) is 0 Å². The van der Waals surface area contributed by atoms with E-state index in [0.717, 1.165) is 0 Å². The molecule has 2 rings (SSSR count). The van der Waals surface area contributed by atoms with Crippen LogP contribution in [0.1, 0.15) is 10.4 Å². The Balaban J connectivity index is 2.38. The number of halogens is 1. The topological polar surface area (TPSA) is 39.2 Å². The van der Waals surface area contributed by atoms with Crippen molar-refractivity contribution in [3.05, 3.63) is 54.1 Å². The zero-order chi connectivity index (χ0) is 11.4. The molecular formula is C12H8FNO2. The zero-order valence-corrected chi connectivity index (χ0v) is 8.26. The van der Waals surface area contributed by atoms with Crippen molar-refractivity contribution >= 4 is 6.29 Å². The Hall–Kier alpha value is -2.23. The monoisotopic (exact) mass is 217 g/mol. The van der Waals surface area contributed by atoms with E-state index in [0.29, 0.717) is 12.0 Å². The number of nitrogens with zero attached hydrogens (tertiary/aromatic N) is 1. The van der Waals surface area contributed by atoms with E-state index in [1.54, 1.807) is 18.3 Å². The van der Waals surface area contributed by atoms with Gasteiger partial charge in [-0.25, -0.2) is 4.39 Å². The third-order valence-corrected chi connectivity index (χ3v) is 1.98. The lowest BCUT2D eigenvalue weighted by molar-refractivity contribution is 0.112. The van der Waals surface area contributed by atoms with E-state index in [1.807, 2.05) is 0 Å². The van der Waals surface area contributed by atoms with E-state index in [-0.39, 0.29) is 11.3 Å². The number of carbonyl (C=O) groups excluding carboxylic acids is 1. The fourth-order valence-electron chi connectivity index (χ4n) is 1.25. The van der Waals surface area contributed by atoms with Gasteiger partial charge in [0.15, 0.2) is 17.9 Å². The first kappa shape index (κ1) is 10.3. The predicted octanol–water partition coefficient (Wildman–Crippen LogP) is 2.83. The molecule has 4 heteroatoms. The van der Waals surface area contributed by atoms with E-state index >= 15 is 0 Å². The summed E-state index contributed by atoms with van der Waals surface area (Å²) < 4.78 is 18.7. The first-order chi connectivity index (χ1) is 7.81. The average molecular weight is 217 g/mol. The van der Waals surface area contributed by atoms with E-state index in [4.69, 9.17) is 4.74 Å². The van der Waals surface area contributed by atoms with Crippen molar-refractivity contribution in [3.63, 3.8) is 0 Å². The minimum absolute atomic E-state index is 0.0782. The van der Waals surface area contributed by atoms with Crippen molar-refractivity contribution < 1.29 is 13.9 Å². The van der Waals surface area contributed by atoms with Crippen LogP contribution >= 0.6 is 0 Å². The van der Waals surface area contributed by atoms with Gasteiger partial charge in [-0.05, 0) is 24.3 Å². The van der Waals surface area contributed by atoms with Gasteiger partial charge in [-0.1, -0.05) is 6.07 Å². The van der Waals surface area contributed by atoms with Crippen LogP contribution in [-0.4, -0.2) is 11.3 Å². The first-order valence-corrected chi connectivity index (χ1v) is 4.63. The Morgan fingerprint density at radius 3 is 2.81 bits per heavy atom. The van der Waals surface area contributed by atoms with Crippen LogP contribution in [0.5, 0.6) is 11.5 Å². The van der Waals surface area contributed by atoms with Crippen molar-refractivity contribution in [3.8, 4) is 11.5 Å². The maximum atomic E-state index is 13.4. The molecule has 16 heavy (non-hydrogen) atoms. The molecule has 0 spiro atoms. The highest BCUT2D eigenvalue weighted by Gasteiger charge is 2.09. The van der Waals surface area contributed by atoms with Gasteiger partial charge in [0.25, 0.3) is 0 Å². The van der Waals surface area contributed by atoms with Crippen molar-refractivity contribution in [2.24, 2.45) is 0 Å². The Bertz CT molecular complexity index is 500. The molecule has 2 aromatic rings. The Labute approximate surface area is 91.5 Å². The number of rotatable bonds is 3. The highest BCUT2D eigenvalue weighted by atomic mass is 19.1. The average Bonchev–Trinajstić information content (AvgIpc) is 2.33. The van der Waals surface area contributed by atoms with Crippen molar-refractivity contribution in [1.82, 2.24) is 4.98 Å². The second-order valence-corrected chi connectivity index (χ2v) is 3.07. The number of ether oxygens (including phenoxy) is 1. The van der Waals surface area contributed by atoms with Gasteiger partial charge >= 0.3 is 0 Å². The van der Waals surface area contributed by atoms with Gasteiger partial charge in [-0.2, -0.15) is 0 Å². The summed E-state index contributed by atoms with van der Waals surface area (Å²) >= 11 is 0. The number of carbonyl (C=O) groups is 1. The normalized spacial score (nSPS) is 9.81. The molecule has 0 saturated heterocycles. The second kappa shape index (κ2) is 4.53. The van der Waals surface area contributed by atoms with Crippen molar-refractivity contribution in [2.75, 3.05) is 0 Å². The van der Waals surface area contributed by atoms with Crippen LogP contribution in [0.2, 0.25) is 0 Å². The van der Waals surface area contributed by atoms with Gasteiger partial charge in [0.1, 0.15) is 5.75 Å². The lowest BCUT2D eigenvalue weighted by atomic mass is 10.2. The summed E-state index contributed by atoms with van der Waals surface area (Å²) in [5.74, 6) is -0.269. The first-order valence-electron chi connectivity index (χ1n) is 4.63. The molecule has 3 nitrogen and oxygen atoms in total. The number of aromatic nitrogens is 1. The lowest BCUT2D eigenvalue weighted by Crippen LogP contribution is -1.94. The lowest BCUT2D eigenvalue weighted by Gasteiger charge is -2.07. The van der Waals surface area contributed by atoms with Gasteiger partial charge in [-0.3, -0.25) is 9.78 Å². The van der Waals surface area contributed by atoms with Gasteiger partial charge in [0.2, 0.25) is 0 Å². The molecular weight excluding hydrogens is 209 g/mol. The van der Waals surface area contributed by atoms with Gasteiger partial charge in [-0.15, -0.1) is 0 Å². The van der Waals surface area contributed by atoms with E-state index < -0.39 is 5.82 Å². The van der Waals surface area contributed by atoms with E-state index in [1.165, 1.54) is 24.4 Å². The SMILES string of the molecule is O=Cc1cccc(F)c1Oc1cccnc1. The highest BCUT2D eigenvalue weighted by Crippen LogP contribution is 2.26. The van der Waals surface area contributed by atoms with Crippen LogP contribution < -0.4 is 4.74 Å². The van der Waals surface area contributed by atoms with Crippen LogP contribution in [-0.2, 0) is 0 Å². The largest absolute Gasteiger partial charge is 0.452 e. The number of hydrogen-bond donors (Lipinski definition) is 0. The summed E-state index contributed by atoms with van der Waals surface area (Å²) in [5, 5.41) is 0. The Kier molecular flexibility index (Phi) is 2.91. The minimum atomic E-state index is -0.576. The number of para-hydroxylation sites is 1. The maximum absolute atomic E-state index is 13.4. The van der Waals surface area contributed by atoms with E-state index in [9.17, 15) is 9.18 Å². The fraction of sp³-hybridized carbons (Fsp3) is 0. The molecule has 0 amide bonds. The molecule has 0 bridgehead atoms. The maximum Gasteiger partial charge on any atom is 0.173 e. The number of hydrogen-bond acceptors (Lipinski definition) is 3. The smallest absolute Gasteiger partial charge is 0.173 e. The molecule has 1 aromatic heterocycles. The molecule has 0 radical (unpaired) electrons. The Morgan fingerprint density at radius 2 is 2.12 bits per heavy atom. The fourth-order valence-corrected chi connectivity index (χ4v) is 1.25. The summed E-state index contributed by atoms with van der Waals surface area (Å²) in [4.78, 5) is 14.5. The number of benzene rings is 1. The van der Waals surface area contributed by atoms with Crippen LogP contribution in [0, 0.1) is 5.82 Å². The third-order valence-electron chi connectivity index (χ3n) is 1.98. The summed E-state index contributed by atoms with van der Waals surface area (Å²) in [7, 11) is 0. The summed E-state index contributed by atoms with van der Waals surface area (Å²) in [6.45, 7) is 0. The zero-order valence-electron chi connectivity index (χ0n) is 8.26. The molecule has 0 N–H and O–H groups in total. The molecule has 1 aromatic carbocycles. The summed E-state index contributed by atoms with van der Waals surface area (Å²) in [6, 6.07) is 7.47. The molecule has 80 valence electrons. The van der Waals surface area contributed by atoms with Gasteiger partial charge in [0, 0.05) is 6.20 Å². The molecule has 0 aliphatic rings. The molecule has 0 atom stereocenters. The number of pyridine rings is 1. The van der Waals surface area contributed by atoms with Crippen LogP contribution in [0.3, 0.4) is 0 Å². The van der Waals surface area contributed by atoms with Crippen LogP contribution in [0.25, 0.3) is 0 Å². The molecule has 0 aliphatic heterocycles. The number of aldehydes is 1. The highest BCUT2D eigenvalue weighted by molar-refractivity contribution is 5.79. The third kappa shape index (κ3) is 2.06.